The van der Waals surface area contributed by atoms with E-state index in [4.69, 9.17) is 0 Å². The third kappa shape index (κ3) is 4.28. The van der Waals surface area contributed by atoms with Gasteiger partial charge in [-0.2, -0.15) is 9.78 Å². The van der Waals surface area contributed by atoms with Crippen LogP contribution < -0.4 is 10.9 Å². The molecular formula is C22H26N4O2. The van der Waals surface area contributed by atoms with Crippen molar-refractivity contribution < 1.29 is 4.79 Å². The number of carbonyl (C=O) groups excluding carboxylic acids is 1. The predicted octanol–water partition coefficient (Wildman–Crippen LogP) is 2.70. The first kappa shape index (κ1) is 19.8. The van der Waals surface area contributed by atoms with Crippen molar-refractivity contribution in [3.05, 3.63) is 70.6 Å². The molecule has 0 spiro atoms. The van der Waals surface area contributed by atoms with Gasteiger partial charge in [0.05, 0.1) is 11.1 Å². The average Bonchev–Trinajstić information content (AvgIpc) is 2.66. The van der Waals surface area contributed by atoms with Crippen molar-refractivity contribution in [3.8, 4) is 5.69 Å². The molecule has 1 amide bonds. The molecule has 0 bridgehead atoms. The minimum Gasteiger partial charge on any atom is -0.350 e. The number of rotatable bonds is 6. The summed E-state index contributed by atoms with van der Waals surface area (Å²) in [5, 5.41) is 8.43. The SMILES string of the molecule is CN(C)CC(C)(C)CNC(=O)c1nn(-c2ccccc2)c(=O)c2ccccc12. The van der Waals surface area contributed by atoms with E-state index in [0.717, 1.165) is 6.54 Å². The fourth-order valence-corrected chi connectivity index (χ4v) is 3.42. The summed E-state index contributed by atoms with van der Waals surface area (Å²) in [5.74, 6) is -0.285. The summed E-state index contributed by atoms with van der Waals surface area (Å²) < 4.78 is 1.29. The van der Waals surface area contributed by atoms with Crippen molar-refractivity contribution >= 4 is 16.7 Å². The van der Waals surface area contributed by atoms with Gasteiger partial charge in [-0.3, -0.25) is 9.59 Å². The lowest BCUT2D eigenvalue weighted by Gasteiger charge is -2.28. The maximum Gasteiger partial charge on any atom is 0.279 e. The van der Waals surface area contributed by atoms with Gasteiger partial charge in [0.2, 0.25) is 0 Å². The zero-order chi connectivity index (χ0) is 20.3. The summed E-state index contributed by atoms with van der Waals surface area (Å²) >= 11 is 0. The number of benzene rings is 2. The van der Waals surface area contributed by atoms with Gasteiger partial charge >= 0.3 is 0 Å². The molecule has 6 heteroatoms. The van der Waals surface area contributed by atoms with E-state index in [-0.39, 0.29) is 22.6 Å². The van der Waals surface area contributed by atoms with E-state index >= 15 is 0 Å². The van der Waals surface area contributed by atoms with Crippen LogP contribution in [0.25, 0.3) is 16.5 Å². The molecule has 0 aliphatic heterocycles. The van der Waals surface area contributed by atoms with E-state index in [9.17, 15) is 9.59 Å². The second kappa shape index (κ2) is 7.94. The second-order valence-electron chi connectivity index (χ2n) is 8.03. The standard InChI is InChI=1S/C22H26N4O2/c1-22(2,15-25(3)4)14-23-20(27)19-17-12-8-9-13-18(17)21(28)26(24-19)16-10-6-5-7-11-16/h5-13H,14-15H2,1-4H3,(H,23,27). The molecule has 0 aliphatic rings. The number of para-hydroxylation sites is 1. The Morgan fingerprint density at radius 2 is 1.64 bits per heavy atom. The van der Waals surface area contributed by atoms with Crippen molar-refractivity contribution in [2.24, 2.45) is 5.41 Å². The Kier molecular flexibility index (Phi) is 5.61. The van der Waals surface area contributed by atoms with Crippen LogP contribution in [0.15, 0.2) is 59.4 Å². The minimum atomic E-state index is -0.285. The van der Waals surface area contributed by atoms with E-state index in [1.807, 2.05) is 38.4 Å². The Labute approximate surface area is 164 Å². The summed E-state index contributed by atoms with van der Waals surface area (Å²) in [5.41, 5.74) is 0.536. The third-order valence-corrected chi connectivity index (χ3v) is 4.49. The number of hydrogen-bond donors (Lipinski definition) is 1. The lowest BCUT2D eigenvalue weighted by molar-refractivity contribution is 0.0924. The van der Waals surface area contributed by atoms with E-state index in [1.54, 1.807) is 30.3 Å². The van der Waals surface area contributed by atoms with Gasteiger partial charge in [-0.1, -0.05) is 50.2 Å². The summed E-state index contributed by atoms with van der Waals surface area (Å²) in [6.07, 6.45) is 0. The summed E-state index contributed by atoms with van der Waals surface area (Å²) in [6.45, 7) is 5.54. The molecule has 0 aliphatic carbocycles. The zero-order valence-corrected chi connectivity index (χ0v) is 16.8. The van der Waals surface area contributed by atoms with Gasteiger partial charge in [-0.15, -0.1) is 0 Å². The van der Waals surface area contributed by atoms with Gasteiger partial charge in [-0.05, 0) is 37.7 Å². The molecule has 0 atom stereocenters. The number of carbonyl (C=O) groups is 1. The average molecular weight is 378 g/mol. The number of hydrogen-bond acceptors (Lipinski definition) is 4. The maximum absolute atomic E-state index is 13.0. The molecule has 28 heavy (non-hydrogen) atoms. The number of nitrogens with one attached hydrogen (secondary N) is 1. The fourth-order valence-electron chi connectivity index (χ4n) is 3.42. The molecule has 0 saturated heterocycles. The topological polar surface area (TPSA) is 67.2 Å². The first-order valence-corrected chi connectivity index (χ1v) is 9.29. The van der Waals surface area contributed by atoms with Crippen LogP contribution in [0.1, 0.15) is 24.3 Å². The van der Waals surface area contributed by atoms with Crippen LogP contribution >= 0.6 is 0 Å². The van der Waals surface area contributed by atoms with Gasteiger partial charge < -0.3 is 10.2 Å². The van der Waals surface area contributed by atoms with Crippen molar-refractivity contribution in [1.82, 2.24) is 20.0 Å². The highest BCUT2D eigenvalue weighted by molar-refractivity contribution is 6.04. The van der Waals surface area contributed by atoms with Crippen LogP contribution in [-0.4, -0.2) is 47.8 Å². The van der Waals surface area contributed by atoms with Crippen LogP contribution in [-0.2, 0) is 0 Å². The van der Waals surface area contributed by atoms with E-state index < -0.39 is 0 Å². The Morgan fingerprint density at radius 3 is 2.29 bits per heavy atom. The van der Waals surface area contributed by atoms with Crippen LogP contribution in [0.2, 0.25) is 0 Å². The third-order valence-electron chi connectivity index (χ3n) is 4.49. The smallest absolute Gasteiger partial charge is 0.279 e. The van der Waals surface area contributed by atoms with Gasteiger partial charge in [0, 0.05) is 18.5 Å². The van der Waals surface area contributed by atoms with E-state index in [0.29, 0.717) is 23.0 Å². The number of nitrogens with zero attached hydrogens (tertiary/aromatic N) is 3. The molecule has 0 fully saturated rings. The van der Waals surface area contributed by atoms with Crippen molar-refractivity contribution in [2.75, 3.05) is 27.2 Å². The highest BCUT2D eigenvalue weighted by Crippen LogP contribution is 2.17. The van der Waals surface area contributed by atoms with Crippen LogP contribution in [0.5, 0.6) is 0 Å². The largest absolute Gasteiger partial charge is 0.350 e. The van der Waals surface area contributed by atoms with Gasteiger partial charge in [-0.25, -0.2) is 0 Å². The molecule has 6 nitrogen and oxygen atoms in total. The monoisotopic (exact) mass is 378 g/mol. The molecule has 1 N–H and O–H groups in total. The zero-order valence-electron chi connectivity index (χ0n) is 16.8. The molecule has 0 unspecified atom stereocenters. The van der Waals surface area contributed by atoms with Crippen LogP contribution in [0.3, 0.4) is 0 Å². The highest BCUT2D eigenvalue weighted by Gasteiger charge is 2.22. The Bertz CT molecular complexity index is 1040. The number of aromatic nitrogens is 2. The molecule has 0 radical (unpaired) electrons. The molecule has 1 aromatic heterocycles. The van der Waals surface area contributed by atoms with Crippen LogP contribution in [0.4, 0.5) is 0 Å². The maximum atomic E-state index is 13.0. The van der Waals surface area contributed by atoms with Gasteiger partial charge in [0.15, 0.2) is 5.69 Å². The summed E-state index contributed by atoms with van der Waals surface area (Å²) in [7, 11) is 4.02. The molecule has 2 aromatic carbocycles. The molecule has 1 heterocycles. The Hall–Kier alpha value is -2.99. The minimum absolute atomic E-state index is 0.0944. The Morgan fingerprint density at radius 1 is 1.04 bits per heavy atom. The van der Waals surface area contributed by atoms with Crippen molar-refractivity contribution in [1.29, 1.82) is 0 Å². The molecule has 3 rings (SSSR count). The first-order chi connectivity index (χ1) is 13.3. The normalized spacial score (nSPS) is 11.8. The summed E-state index contributed by atoms with van der Waals surface area (Å²) in [4.78, 5) is 28.0. The molecule has 146 valence electrons. The van der Waals surface area contributed by atoms with Gasteiger partial charge in [0.1, 0.15) is 0 Å². The fraction of sp³-hybridized carbons (Fsp3) is 0.318. The van der Waals surface area contributed by atoms with Crippen LogP contribution in [0, 0.1) is 5.41 Å². The highest BCUT2D eigenvalue weighted by atomic mass is 16.2. The lowest BCUT2D eigenvalue weighted by Crippen LogP contribution is -2.40. The quantitative estimate of drug-likeness (QED) is 0.716. The van der Waals surface area contributed by atoms with E-state index in [1.165, 1.54) is 4.68 Å². The predicted molar refractivity (Wildman–Crippen MR) is 112 cm³/mol. The van der Waals surface area contributed by atoms with Crippen molar-refractivity contribution in [2.45, 2.75) is 13.8 Å². The lowest BCUT2D eigenvalue weighted by atomic mass is 9.93. The molecule has 3 aromatic rings. The summed E-state index contributed by atoms with van der Waals surface area (Å²) in [6, 6.07) is 16.2. The first-order valence-electron chi connectivity index (χ1n) is 9.29. The molecular weight excluding hydrogens is 352 g/mol. The second-order valence-corrected chi connectivity index (χ2v) is 8.03. The number of amides is 1. The van der Waals surface area contributed by atoms with E-state index in [2.05, 4.69) is 29.2 Å². The Balaban J connectivity index is 2.02. The van der Waals surface area contributed by atoms with Crippen molar-refractivity contribution in [3.63, 3.8) is 0 Å². The molecule has 0 saturated carbocycles. The van der Waals surface area contributed by atoms with Gasteiger partial charge in [0.25, 0.3) is 11.5 Å². The number of fused-ring (bicyclic) bond motifs is 1.